The fourth-order valence-electron chi connectivity index (χ4n) is 1.09. The van der Waals surface area contributed by atoms with E-state index in [1.165, 1.54) is 12.3 Å². The number of nitrogens with one attached hydrogen (secondary N) is 1. The summed E-state index contributed by atoms with van der Waals surface area (Å²) in [6, 6.07) is 4.57. The quantitative estimate of drug-likeness (QED) is 0.810. The molecule has 0 saturated heterocycles. The second kappa shape index (κ2) is 5.60. The maximum Gasteiger partial charge on any atom is 0.235 e. The molecule has 0 fully saturated rings. The summed E-state index contributed by atoms with van der Waals surface area (Å²) in [6.07, 6.45) is 2.16. The number of nitrogens with zero attached hydrogens (tertiary/aromatic N) is 1. The molecule has 0 aliphatic rings. The molecule has 0 bridgehead atoms. The summed E-state index contributed by atoms with van der Waals surface area (Å²) in [6.45, 7) is 2.38. The van der Waals surface area contributed by atoms with Crippen molar-refractivity contribution >= 4 is 15.7 Å². The molecule has 0 aromatic carbocycles. The number of sulfone groups is 1. The number of carbonyl (C=O) groups is 1. The van der Waals surface area contributed by atoms with Crippen LogP contribution >= 0.6 is 0 Å². The van der Waals surface area contributed by atoms with Gasteiger partial charge in [-0.05, 0) is 18.6 Å². The lowest BCUT2D eigenvalue weighted by Crippen LogP contribution is -2.31. The third-order valence-electron chi connectivity index (χ3n) is 1.85. The molecular weight excluding hydrogens is 228 g/mol. The first-order valence-corrected chi connectivity index (χ1v) is 6.62. The predicted octanol–water partition coefficient (Wildman–Crippen LogP) is 0.381. The highest BCUT2D eigenvalue weighted by Crippen LogP contribution is 2.05. The van der Waals surface area contributed by atoms with Crippen molar-refractivity contribution in [2.45, 2.75) is 18.4 Å². The maximum absolute atomic E-state index is 11.7. The molecule has 0 atom stereocenters. The summed E-state index contributed by atoms with van der Waals surface area (Å²) >= 11 is 0. The predicted molar refractivity (Wildman–Crippen MR) is 59.6 cm³/mol. The van der Waals surface area contributed by atoms with Crippen molar-refractivity contribution in [3.05, 3.63) is 24.4 Å². The fourth-order valence-corrected chi connectivity index (χ4v) is 2.20. The van der Waals surface area contributed by atoms with E-state index in [1.54, 1.807) is 12.1 Å². The highest BCUT2D eigenvalue weighted by molar-refractivity contribution is 7.92. The van der Waals surface area contributed by atoms with Crippen LogP contribution in [0.25, 0.3) is 0 Å². The first-order chi connectivity index (χ1) is 7.56. The van der Waals surface area contributed by atoms with Gasteiger partial charge in [-0.2, -0.15) is 0 Å². The van der Waals surface area contributed by atoms with Gasteiger partial charge in [-0.1, -0.05) is 13.0 Å². The Bertz CT molecular complexity index is 442. The Hall–Kier alpha value is -1.43. The molecule has 1 aromatic rings. The molecule has 1 aromatic heterocycles. The summed E-state index contributed by atoms with van der Waals surface area (Å²) in [7, 11) is -3.61. The van der Waals surface area contributed by atoms with E-state index in [0.717, 1.165) is 6.42 Å². The summed E-state index contributed by atoms with van der Waals surface area (Å²) in [4.78, 5) is 15.0. The minimum absolute atomic E-state index is 0.0679. The average Bonchev–Trinajstić information content (AvgIpc) is 2.27. The molecule has 6 heteroatoms. The number of amides is 1. The van der Waals surface area contributed by atoms with E-state index in [0.29, 0.717) is 6.54 Å². The summed E-state index contributed by atoms with van der Waals surface area (Å²) < 4.78 is 23.4. The number of aromatic nitrogens is 1. The number of pyridine rings is 1. The molecule has 16 heavy (non-hydrogen) atoms. The maximum atomic E-state index is 11.7. The standard InChI is InChI=1S/C10H14N2O3S/c1-2-6-11-9(13)8-16(14,15)10-5-3-4-7-12-10/h3-5,7H,2,6,8H2,1H3,(H,11,13). The molecule has 1 heterocycles. The van der Waals surface area contributed by atoms with Crippen LogP contribution in [0.3, 0.4) is 0 Å². The number of hydrogen-bond acceptors (Lipinski definition) is 4. The Labute approximate surface area is 94.8 Å². The molecular formula is C10H14N2O3S. The van der Waals surface area contributed by atoms with Gasteiger partial charge in [-0.25, -0.2) is 13.4 Å². The molecule has 0 aliphatic carbocycles. The molecule has 0 spiro atoms. The highest BCUT2D eigenvalue weighted by atomic mass is 32.2. The Morgan fingerprint density at radius 1 is 1.44 bits per heavy atom. The number of carbonyl (C=O) groups excluding carboxylic acids is 1. The van der Waals surface area contributed by atoms with E-state index in [4.69, 9.17) is 0 Å². The van der Waals surface area contributed by atoms with Crippen molar-refractivity contribution in [1.29, 1.82) is 0 Å². The highest BCUT2D eigenvalue weighted by Gasteiger charge is 2.19. The zero-order valence-corrected chi connectivity index (χ0v) is 9.83. The summed E-state index contributed by atoms with van der Waals surface area (Å²) in [5, 5.41) is 2.44. The van der Waals surface area contributed by atoms with Gasteiger partial charge >= 0.3 is 0 Å². The monoisotopic (exact) mass is 242 g/mol. The van der Waals surface area contributed by atoms with Gasteiger partial charge in [-0.3, -0.25) is 4.79 Å². The van der Waals surface area contributed by atoms with E-state index >= 15 is 0 Å². The Morgan fingerprint density at radius 2 is 2.19 bits per heavy atom. The van der Waals surface area contributed by atoms with Crippen LogP contribution < -0.4 is 5.32 Å². The normalized spacial score (nSPS) is 11.1. The first-order valence-electron chi connectivity index (χ1n) is 4.96. The molecule has 0 radical (unpaired) electrons. The SMILES string of the molecule is CCCNC(=O)CS(=O)(=O)c1ccccn1. The average molecular weight is 242 g/mol. The van der Waals surface area contributed by atoms with E-state index in [9.17, 15) is 13.2 Å². The zero-order valence-electron chi connectivity index (χ0n) is 9.01. The van der Waals surface area contributed by atoms with Crippen LogP contribution in [0, 0.1) is 0 Å². The zero-order chi connectivity index (χ0) is 12.0. The molecule has 0 unspecified atom stereocenters. The van der Waals surface area contributed by atoms with E-state index in [2.05, 4.69) is 10.3 Å². The van der Waals surface area contributed by atoms with Crippen LogP contribution in [0.4, 0.5) is 0 Å². The molecule has 0 saturated carbocycles. The Kier molecular flexibility index (Phi) is 4.42. The molecule has 0 aliphatic heterocycles. The van der Waals surface area contributed by atoms with Crippen LogP contribution in [0.15, 0.2) is 29.4 Å². The van der Waals surface area contributed by atoms with Crippen molar-refractivity contribution in [3.8, 4) is 0 Å². The molecule has 1 amide bonds. The number of rotatable bonds is 5. The second-order valence-electron chi connectivity index (χ2n) is 3.28. The van der Waals surface area contributed by atoms with Crippen LogP contribution in [0.1, 0.15) is 13.3 Å². The lowest BCUT2D eigenvalue weighted by molar-refractivity contribution is -0.118. The Morgan fingerprint density at radius 3 is 2.75 bits per heavy atom. The Balaban J connectivity index is 2.70. The van der Waals surface area contributed by atoms with Crippen molar-refractivity contribution in [3.63, 3.8) is 0 Å². The molecule has 1 N–H and O–H groups in total. The van der Waals surface area contributed by atoms with Gasteiger partial charge in [0.1, 0.15) is 5.75 Å². The van der Waals surface area contributed by atoms with Crippen molar-refractivity contribution < 1.29 is 13.2 Å². The minimum atomic E-state index is -3.61. The van der Waals surface area contributed by atoms with Gasteiger partial charge in [-0.15, -0.1) is 0 Å². The smallest absolute Gasteiger partial charge is 0.235 e. The van der Waals surface area contributed by atoms with E-state index in [1.807, 2.05) is 6.92 Å². The van der Waals surface area contributed by atoms with Crippen LogP contribution in [-0.2, 0) is 14.6 Å². The van der Waals surface area contributed by atoms with Crippen LogP contribution in [-0.4, -0.2) is 31.6 Å². The lowest BCUT2D eigenvalue weighted by Gasteiger charge is -2.04. The van der Waals surface area contributed by atoms with E-state index in [-0.39, 0.29) is 5.03 Å². The number of hydrogen-bond donors (Lipinski definition) is 1. The molecule has 5 nitrogen and oxygen atoms in total. The molecule has 1 rings (SSSR count). The lowest BCUT2D eigenvalue weighted by atomic mass is 10.5. The van der Waals surface area contributed by atoms with Crippen molar-refractivity contribution in [1.82, 2.24) is 10.3 Å². The third-order valence-corrected chi connectivity index (χ3v) is 3.37. The van der Waals surface area contributed by atoms with Gasteiger partial charge in [0.2, 0.25) is 15.7 Å². The van der Waals surface area contributed by atoms with Crippen molar-refractivity contribution in [2.75, 3.05) is 12.3 Å². The van der Waals surface area contributed by atoms with Crippen molar-refractivity contribution in [2.24, 2.45) is 0 Å². The largest absolute Gasteiger partial charge is 0.355 e. The van der Waals surface area contributed by atoms with Gasteiger partial charge in [0.05, 0.1) is 0 Å². The summed E-state index contributed by atoms with van der Waals surface area (Å²) in [5.41, 5.74) is 0. The minimum Gasteiger partial charge on any atom is -0.355 e. The second-order valence-corrected chi connectivity index (χ2v) is 5.21. The van der Waals surface area contributed by atoms with Crippen LogP contribution in [0.2, 0.25) is 0 Å². The topological polar surface area (TPSA) is 76.1 Å². The first kappa shape index (κ1) is 12.6. The summed E-state index contributed by atoms with van der Waals surface area (Å²) in [5.74, 6) is -1.04. The van der Waals surface area contributed by atoms with Gasteiger partial charge < -0.3 is 5.32 Å². The third kappa shape index (κ3) is 3.62. The van der Waals surface area contributed by atoms with E-state index < -0.39 is 21.5 Å². The molecule has 88 valence electrons. The fraction of sp³-hybridized carbons (Fsp3) is 0.400. The van der Waals surface area contributed by atoms with Gasteiger partial charge in [0, 0.05) is 12.7 Å². The van der Waals surface area contributed by atoms with Crippen LogP contribution in [0.5, 0.6) is 0 Å². The van der Waals surface area contributed by atoms with Gasteiger partial charge in [0.25, 0.3) is 0 Å². The van der Waals surface area contributed by atoms with Gasteiger partial charge in [0.15, 0.2) is 5.03 Å².